The minimum atomic E-state index is -0.556. The van der Waals surface area contributed by atoms with Crippen LogP contribution in [0.5, 0.6) is 0 Å². The molecule has 0 saturated heterocycles. The van der Waals surface area contributed by atoms with E-state index < -0.39 is 6.10 Å². The molecule has 0 bridgehead atoms. The van der Waals surface area contributed by atoms with Crippen LogP contribution in [0.2, 0.25) is 0 Å². The fourth-order valence-electron chi connectivity index (χ4n) is 2.73. The van der Waals surface area contributed by atoms with Crippen molar-refractivity contribution >= 4 is 5.69 Å². The second kappa shape index (κ2) is 8.02. The van der Waals surface area contributed by atoms with E-state index in [1.807, 2.05) is 25.1 Å². The lowest BCUT2D eigenvalue weighted by Crippen LogP contribution is -2.28. The molecule has 21 heavy (non-hydrogen) atoms. The number of anilines is 1. The van der Waals surface area contributed by atoms with Crippen LogP contribution in [0.3, 0.4) is 0 Å². The number of aryl methyl sites for hydroxylation is 1. The highest BCUT2D eigenvalue weighted by Gasteiger charge is 2.15. The Bertz CT molecular complexity index is 490. The van der Waals surface area contributed by atoms with E-state index in [0.29, 0.717) is 24.8 Å². The van der Waals surface area contributed by atoms with Crippen molar-refractivity contribution in [2.45, 2.75) is 51.2 Å². The summed E-state index contributed by atoms with van der Waals surface area (Å²) in [6.07, 6.45) is 5.73. The maximum Gasteiger partial charge on any atom is 0.102 e. The lowest BCUT2D eigenvalue weighted by molar-refractivity contribution is -0.0195. The zero-order chi connectivity index (χ0) is 15.1. The Hall–Kier alpha value is -1.57. The summed E-state index contributed by atoms with van der Waals surface area (Å²) < 4.78 is 5.76. The third-order valence-corrected chi connectivity index (χ3v) is 3.99. The minimum Gasteiger partial charge on any atom is -0.389 e. The zero-order valence-electron chi connectivity index (χ0n) is 12.6. The molecule has 4 heteroatoms. The summed E-state index contributed by atoms with van der Waals surface area (Å²) in [5.74, 6) is 0. The Labute approximate surface area is 126 Å². The standard InChI is InChI=1S/C17H24N2O2/c1-13-6-5-9-17(16(13)10-18)19-11-14(20)12-21-15-7-3-2-4-8-15/h5-6,9,14-15,19-20H,2-4,7-8,11-12H2,1H3. The van der Waals surface area contributed by atoms with Crippen molar-refractivity contribution in [3.8, 4) is 6.07 Å². The van der Waals surface area contributed by atoms with Crippen LogP contribution in [0.15, 0.2) is 18.2 Å². The molecular formula is C17H24N2O2. The number of nitriles is 1. The molecule has 1 fully saturated rings. The Morgan fingerprint density at radius 2 is 2.14 bits per heavy atom. The van der Waals surface area contributed by atoms with E-state index in [0.717, 1.165) is 24.1 Å². The van der Waals surface area contributed by atoms with Gasteiger partial charge in [0.05, 0.1) is 30.1 Å². The summed E-state index contributed by atoms with van der Waals surface area (Å²) >= 11 is 0. The molecule has 0 heterocycles. The molecule has 0 spiro atoms. The number of hydrogen-bond donors (Lipinski definition) is 2. The van der Waals surface area contributed by atoms with Crippen molar-refractivity contribution in [1.82, 2.24) is 0 Å². The highest BCUT2D eigenvalue weighted by atomic mass is 16.5. The van der Waals surface area contributed by atoms with Crippen LogP contribution in [-0.2, 0) is 4.74 Å². The maximum atomic E-state index is 10.0. The monoisotopic (exact) mass is 288 g/mol. The summed E-state index contributed by atoms with van der Waals surface area (Å²) in [5, 5.41) is 22.3. The second-order valence-electron chi connectivity index (χ2n) is 5.74. The highest BCUT2D eigenvalue weighted by molar-refractivity contribution is 5.60. The van der Waals surface area contributed by atoms with Gasteiger partial charge >= 0.3 is 0 Å². The van der Waals surface area contributed by atoms with Crippen LogP contribution >= 0.6 is 0 Å². The van der Waals surface area contributed by atoms with Crippen LogP contribution in [0.25, 0.3) is 0 Å². The number of hydrogen-bond acceptors (Lipinski definition) is 4. The molecule has 1 aromatic rings. The molecule has 0 amide bonds. The van der Waals surface area contributed by atoms with Gasteiger partial charge in [-0.1, -0.05) is 31.4 Å². The van der Waals surface area contributed by atoms with E-state index in [1.165, 1.54) is 19.3 Å². The van der Waals surface area contributed by atoms with E-state index in [9.17, 15) is 5.11 Å². The van der Waals surface area contributed by atoms with Crippen molar-refractivity contribution in [2.75, 3.05) is 18.5 Å². The Morgan fingerprint density at radius 3 is 2.86 bits per heavy atom. The summed E-state index contributed by atoms with van der Waals surface area (Å²) in [6, 6.07) is 7.87. The fourth-order valence-corrected chi connectivity index (χ4v) is 2.73. The fraction of sp³-hybridized carbons (Fsp3) is 0.588. The van der Waals surface area contributed by atoms with E-state index in [-0.39, 0.29) is 0 Å². The molecule has 0 aromatic heterocycles. The molecule has 1 aromatic carbocycles. The summed E-state index contributed by atoms with van der Waals surface area (Å²) in [7, 11) is 0. The Balaban J connectivity index is 1.77. The summed E-state index contributed by atoms with van der Waals surface area (Å²) in [5.41, 5.74) is 2.35. The Kier molecular flexibility index (Phi) is 6.04. The smallest absolute Gasteiger partial charge is 0.102 e. The SMILES string of the molecule is Cc1cccc(NCC(O)COC2CCCCC2)c1C#N. The molecule has 1 unspecified atom stereocenters. The van der Waals surface area contributed by atoms with Crippen LogP contribution < -0.4 is 5.32 Å². The lowest BCUT2D eigenvalue weighted by atomic mass is 9.98. The molecular weight excluding hydrogens is 264 g/mol. The largest absolute Gasteiger partial charge is 0.389 e. The van der Waals surface area contributed by atoms with Gasteiger partial charge in [-0.05, 0) is 31.4 Å². The first-order valence-corrected chi connectivity index (χ1v) is 7.74. The van der Waals surface area contributed by atoms with Gasteiger partial charge < -0.3 is 15.2 Å². The molecule has 0 aliphatic heterocycles. The average Bonchev–Trinajstić information content (AvgIpc) is 2.52. The van der Waals surface area contributed by atoms with Gasteiger partial charge in [0.1, 0.15) is 6.07 Å². The minimum absolute atomic E-state index is 0.307. The number of benzene rings is 1. The van der Waals surface area contributed by atoms with Crippen LogP contribution in [0.1, 0.15) is 43.2 Å². The first kappa shape index (κ1) is 15.8. The lowest BCUT2D eigenvalue weighted by Gasteiger charge is -2.23. The van der Waals surface area contributed by atoms with E-state index >= 15 is 0 Å². The van der Waals surface area contributed by atoms with Gasteiger partial charge in [0.15, 0.2) is 0 Å². The molecule has 2 rings (SSSR count). The van der Waals surface area contributed by atoms with Gasteiger partial charge in [0.25, 0.3) is 0 Å². The van der Waals surface area contributed by atoms with Crippen LogP contribution in [-0.4, -0.2) is 30.5 Å². The normalized spacial score (nSPS) is 17.2. The predicted octanol–water partition coefficient (Wildman–Crippen LogP) is 2.99. The quantitative estimate of drug-likeness (QED) is 0.844. The zero-order valence-corrected chi connectivity index (χ0v) is 12.6. The topological polar surface area (TPSA) is 65.3 Å². The third-order valence-electron chi connectivity index (χ3n) is 3.99. The molecule has 2 N–H and O–H groups in total. The van der Waals surface area contributed by atoms with Crippen molar-refractivity contribution in [3.63, 3.8) is 0 Å². The number of aliphatic hydroxyl groups excluding tert-OH is 1. The number of aliphatic hydroxyl groups is 1. The van der Waals surface area contributed by atoms with Crippen molar-refractivity contribution < 1.29 is 9.84 Å². The molecule has 1 saturated carbocycles. The second-order valence-corrected chi connectivity index (χ2v) is 5.74. The van der Waals surface area contributed by atoms with E-state index in [1.54, 1.807) is 0 Å². The predicted molar refractivity (Wildman–Crippen MR) is 83.2 cm³/mol. The summed E-state index contributed by atoms with van der Waals surface area (Å²) in [6.45, 7) is 2.66. The van der Waals surface area contributed by atoms with Gasteiger partial charge in [-0.25, -0.2) is 0 Å². The van der Waals surface area contributed by atoms with Gasteiger partial charge in [-0.3, -0.25) is 0 Å². The van der Waals surface area contributed by atoms with Gasteiger partial charge in [0, 0.05) is 6.54 Å². The molecule has 4 nitrogen and oxygen atoms in total. The van der Waals surface area contributed by atoms with Gasteiger partial charge in [-0.15, -0.1) is 0 Å². The maximum absolute atomic E-state index is 10.0. The molecule has 1 aliphatic carbocycles. The number of nitrogens with zero attached hydrogens (tertiary/aromatic N) is 1. The van der Waals surface area contributed by atoms with E-state index in [2.05, 4.69) is 11.4 Å². The van der Waals surface area contributed by atoms with Gasteiger partial charge in [0.2, 0.25) is 0 Å². The number of nitrogens with one attached hydrogen (secondary N) is 1. The average molecular weight is 288 g/mol. The molecule has 1 aliphatic rings. The van der Waals surface area contributed by atoms with E-state index in [4.69, 9.17) is 10.00 Å². The number of rotatable bonds is 6. The van der Waals surface area contributed by atoms with Gasteiger partial charge in [-0.2, -0.15) is 5.26 Å². The first-order valence-electron chi connectivity index (χ1n) is 7.74. The van der Waals surface area contributed by atoms with Crippen LogP contribution in [0, 0.1) is 18.3 Å². The van der Waals surface area contributed by atoms with Crippen molar-refractivity contribution in [2.24, 2.45) is 0 Å². The molecule has 114 valence electrons. The first-order chi connectivity index (χ1) is 10.2. The summed E-state index contributed by atoms with van der Waals surface area (Å²) in [4.78, 5) is 0. The third kappa shape index (κ3) is 4.73. The molecule has 1 atom stereocenters. The highest BCUT2D eigenvalue weighted by Crippen LogP contribution is 2.21. The Morgan fingerprint density at radius 1 is 1.38 bits per heavy atom. The van der Waals surface area contributed by atoms with Crippen molar-refractivity contribution in [3.05, 3.63) is 29.3 Å². The molecule has 0 radical (unpaired) electrons. The van der Waals surface area contributed by atoms with Crippen molar-refractivity contribution in [1.29, 1.82) is 5.26 Å². The number of ether oxygens (including phenoxy) is 1. The van der Waals surface area contributed by atoms with Crippen LogP contribution in [0.4, 0.5) is 5.69 Å².